The molecule has 2 aromatic rings. The Kier molecular flexibility index (Phi) is 5.47. The fourth-order valence-electron chi connectivity index (χ4n) is 3.29. The molecule has 128 valence electrons. The molecule has 0 aliphatic carbocycles. The molecule has 2 aromatic carbocycles. The van der Waals surface area contributed by atoms with Crippen molar-refractivity contribution in [3.05, 3.63) is 70.8 Å². The Morgan fingerprint density at radius 3 is 2.68 bits per heavy atom. The van der Waals surface area contributed by atoms with Gasteiger partial charge >= 0.3 is 0 Å². The van der Waals surface area contributed by atoms with E-state index >= 15 is 0 Å². The van der Waals surface area contributed by atoms with E-state index in [4.69, 9.17) is 5.26 Å². The van der Waals surface area contributed by atoms with Gasteiger partial charge in [-0.25, -0.2) is 0 Å². The number of carbonyl (C=O) groups is 1. The molecule has 25 heavy (non-hydrogen) atoms. The van der Waals surface area contributed by atoms with Crippen molar-refractivity contribution in [1.29, 1.82) is 5.26 Å². The second-order valence-electron chi connectivity index (χ2n) is 6.55. The van der Waals surface area contributed by atoms with Crippen molar-refractivity contribution in [2.24, 2.45) is 0 Å². The van der Waals surface area contributed by atoms with Crippen LogP contribution in [0.25, 0.3) is 0 Å². The zero-order chi connectivity index (χ0) is 17.6. The van der Waals surface area contributed by atoms with E-state index in [2.05, 4.69) is 29.6 Å². The molecular formula is C21H23N3O. The maximum Gasteiger partial charge on any atom is 0.222 e. The highest BCUT2D eigenvalue weighted by atomic mass is 16.2. The normalized spacial score (nSPS) is 15.2. The molecule has 1 heterocycles. The highest BCUT2D eigenvalue weighted by Gasteiger charge is 2.24. The second kappa shape index (κ2) is 7.96. The standard InChI is InChI=1S/C21H23N3O/c1-16-12-17(9-10-19(16)13-22)14-23-20(18-6-3-2-4-7-18)15-24-11-5-8-21(24)25/h2-4,6-7,9-10,12,20,23H,5,8,11,14-15H2,1H3. The third-order valence-corrected chi connectivity index (χ3v) is 4.74. The van der Waals surface area contributed by atoms with Gasteiger partial charge in [0.15, 0.2) is 0 Å². The van der Waals surface area contributed by atoms with Gasteiger partial charge in [0, 0.05) is 26.1 Å². The van der Waals surface area contributed by atoms with Crippen LogP contribution in [-0.4, -0.2) is 23.9 Å². The molecule has 1 N–H and O–H groups in total. The number of hydrogen-bond donors (Lipinski definition) is 1. The van der Waals surface area contributed by atoms with Crippen molar-refractivity contribution in [3.63, 3.8) is 0 Å². The van der Waals surface area contributed by atoms with Gasteiger partial charge in [-0.2, -0.15) is 5.26 Å². The Labute approximate surface area is 149 Å². The van der Waals surface area contributed by atoms with Gasteiger partial charge in [-0.1, -0.05) is 42.5 Å². The van der Waals surface area contributed by atoms with E-state index in [0.717, 1.165) is 24.1 Å². The van der Waals surface area contributed by atoms with E-state index in [-0.39, 0.29) is 11.9 Å². The van der Waals surface area contributed by atoms with Crippen LogP contribution >= 0.6 is 0 Å². The van der Waals surface area contributed by atoms with Crippen LogP contribution in [0.3, 0.4) is 0 Å². The molecule has 3 rings (SSSR count). The molecule has 0 spiro atoms. The number of benzene rings is 2. The lowest BCUT2D eigenvalue weighted by atomic mass is 10.0. The molecule has 0 bridgehead atoms. The number of rotatable bonds is 6. The summed E-state index contributed by atoms with van der Waals surface area (Å²) < 4.78 is 0. The minimum Gasteiger partial charge on any atom is -0.341 e. The number of carbonyl (C=O) groups excluding carboxylic acids is 1. The smallest absolute Gasteiger partial charge is 0.222 e. The third kappa shape index (κ3) is 4.26. The van der Waals surface area contributed by atoms with Gasteiger partial charge in [-0.3, -0.25) is 4.79 Å². The summed E-state index contributed by atoms with van der Waals surface area (Å²) in [7, 11) is 0. The van der Waals surface area contributed by atoms with Crippen LogP contribution < -0.4 is 5.32 Å². The first-order valence-electron chi connectivity index (χ1n) is 8.73. The van der Waals surface area contributed by atoms with Gasteiger partial charge in [-0.05, 0) is 36.1 Å². The van der Waals surface area contributed by atoms with Gasteiger partial charge in [0.2, 0.25) is 5.91 Å². The first-order valence-corrected chi connectivity index (χ1v) is 8.73. The zero-order valence-corrected chi connectivity index (χ0v) is 14.5. The number of nitriles is 1. The van der Waals surface area contributed by atoms with Gasteiger partial charge in [0.05, 0.1) is 17.7 Å². The molecule has 1 amide bonds. The second-order valence-corrected chi connectivity index (χ2v) is 6.55. The first-order chi connectivity index (χ1) is 12.2. The molecule has 0 saturated carbocycles. The predicted octanol–water partition coefficient (Wildman–Crippen LogP) is 3.32. The minimum atomic E-state index is 0.0965. The van der Waals surface area contributed by atoms with Crippen LogP contribution in [0.4, 0.5) is 0 Å². The van der Waals surface area contributed by atoms with Crippen molar-refractivity contribution in [3.8, 4) is 6.07 Å². The average molecular weight is 333 g/mol. The number of hydrogen-bond acceptors (Lipinski definition) is 3. The number of amides is 1. The summed E-state index contributed by atoms with van der Waals surface area (Å²) in [6, 6.07) is 18.5. The summed E-state index contributed by atoms with van der Waals surface area (Å²) in [4.78, 5) is 14.0. The fraction of sp³-hybridized carbons (Fsp3) is 0.333. The molecule has 4 nitrogen and oxygen atoms in total. The SMILES string of the molecule is Cc1cc(CNC(CN2CCCC2=O)c2ccccc2)ccc1C#N. The van der Waals surface area contributed by atoms with Crippen LogP contribution in [0.5, 0.6) is 0 Å². The minimum absolute atomic E-state index is 0.0965. The Morgan fingerprint density at radius 1 is 1.24 bits per heavy atom. The molecule has 1 atom stereocenters. The van der Waals surface area contributed by atoms with Crippen molar-refractivity contribution in [1.82, 2.24) is 10.2 Å². The maximum absolute atomic E-state index is 12.0. The highest BCUT2D eigenvalue weighted by Crippen LogP contribution is 2.19. The monoisotopic (exact) mass is 333 g/mol. The largest absolute Gasteiger partial charge is 0.341 e. The molecular weight excluding hydrogens is 310 g/mol. The van der Waals surface area contributed by atoms with Crippen molar-refractivity contribution in [2.45, 2.75) is 32.4 Å². The Balaban J connectivity index is 1.72. The zero-order valence-electron chi connectivity index (χ0n) is 14.5. The average Bonchev–Trinajstić information content (AvgIpc) is 3.04. The topological polar surface area (TPSA) is 56.1 Å². The number of aryl methyl sites for hydroxylation is 1. The van der Waals surface area contributed by atoms with E-state index in [0.29, 0.717) is 25.1 Å². The van der Waals surface area contributed by atoms with Gasteiger partial charge in [0.1, 0.15) is 0 Å². The Morgan fingerprint density at radius 2 is 2.04 bits per heavy atom. The van der Waals surface area contributed by atoms with Gasteiger partial charge in [-0.15, -0.1) is 0 Å². The first kappa shape index (κ1) is 17.2. The van der Waals surface area contributed by atoms with Crippen LogP contribution in [0.1, 0.15) is 41.1 Å². The Hall–Kier alpha value is -2.64. The maximum atomic E-state index is 12.0. The van der Waals surface area contributed by atoms with E-state index in [9.17, 15) is 4.79 Å². The lowest BCUT2D eigenvalue weighted by molar-refractivity contribution is -0.128. The number of nitrogens with one attached hydrogen (secondary N) is 1. The van der Waals surface area contributed by atoms with Crippen LogP contribution in [0, 0.1) is 18.3 Å². The quantitative estimate of drug-likeness (QED) is 0.882. The molecule has 0 aromatic heterocycles. The van der Waals surface area contributed by atoms with Crippen LogP contribution in [-0.2, 0) is 11.3 Å². The number of nitrogens with zero attached hydrogens (tertiary/aromatic N) is 2. The molecule has 1 aliphatic heterocycles. The van der Waals surface area contributed by atoms with E-state index in [1.54, 1.807) is 0 Å². The summed E-state index contributed by atoms with van der Waals surface area (Å²) in [5.74, 6) is 0.247. The summed E-state index contributed by atoms with van der Waals surface area (Å²) in [5.41, 5.74) is 4.04. The predicted molar refractivity (Wildman–Crippen MR) is 97.7 cm³/mol. The third-order valence-electron chi connectivity index (χ3n) is 4.74. The van der Waals surface area contributed by atoms with Crippen LogP contribution in [0.2, 0.25) is 0 Å². The van der Waals surface area contributed by atoms with Crippen LogP contribution in [0.15, 0.2) is 48.5 Å². The summed E-state index contributed by atoms with van der Waals surface area (Å²) in [6.07, 6.45) is 1.62. The summed E-state index contributed by atoms with van der Waals surface area (Å²) >= 11 is 0. The fourth-order valence-corrected chi connectivity index (χ4v) is 3.29. The van der Waals surface area contributed by atoms with Gasteiger partial charge < -0.3 is 10.2 Å². The lowest BCUT2D eigenvalue weighted by Crippen LogP contribution is -2.35. The van der Waals surface area contributed by atoms with Crippen molar-refractivity contribution in [2.75, 3.05) is 13.1 Å². The lowest BCUT2D eigenvalue weighted by Gasteiger charge is -2.25. The van der Waals surface area contributed by atoms with E-state index in [1.807, 2.05) is 42.2 Å². The molecule has 1 unspecified atom stereocenters. The van der Waals surface area contributed by atoms with Gasteiger partial charge in [0.25, 0.3) is 0 Å². The molecule has 1 saturated heterocycles. The summed E-state index contributed by atoms with van der Waals surface area (Å²) in [6.45, 7) is 4.20. The molecule has 1 fully saturated rings. The van der Waals surface area contributed by atoms with Crippen molar-refractivity contribution >= 4 is 5.91 Å². The highest BCUT2D eigenvalue weighted by molar-refractivity contribution is 5.78. The van der Waals surface area contributed by atoms with E-state index < -0.39 is 0 Å². The molecule has 0 radical (unpaired) electrons. The molecule has 1 aliphatic rings. The molecule has 4 heteroatoms. The number of likely N-dealkylation sites (tertiary alicyclic amines) is 1. The Bertz CT molecular complexity index is 779. The summed E-state index contributed by atoms with van der Waals surface area (Å²) in [5, 5.41) is 12.6. The van der Waals surface area contributed by atoms with E-state index in [1.165, 1.54) is 5.56 Å². The van der Waals surface area contributed by atoms with Crippen molar-refractivity contribution < 1.29 is 4.79 Å².